The summed E-state index contributed by atoms with van der Waals surface area (Å²) in [6, 6.07) is 5.63. The summed E-state index contributed by atoms with van der Waals surface area (Å²) in [4.78, 5) is 10.9. The van der Waals surface area contributed by atoms with Crippen molar-refractivity contribution in [1.82, 2.24) is 4.31 Å². The number of nitriles is 1. The zero-order valence-corrected chi connectivity index (χ0v) is 11.8. The van der Waals surface area contributed by atoms with Crippen LogP contribution in [0.4, 0.5) is 5.69 Å². The Hall–Kier alpha value is -2.15. The first-order valence-electron chi connectivity index (χ1n) is 6.07. The topological polar surface area (TPSA) is 140 Å². The standard InChI is InChI=1S/C12H14N4O4S/c13-6-9-7-16(3-4-20-9)21(18,19)11-2-1-8(12(15)17)5-10(11)14/h1-2,5,9H,3-4,7,14H2,(H2,15,17). The highest BCUT2D eigenvalue weighted by molar-refractivity contribution is 7.89. The van der Waals surface area contributed by atoms with Gasteiger partial charge in [-0.05, 0) is 18.2 Å². The zero-order chi connectivity index (χ0) is 15.6. The number of hydrogen-bond acceptors (Lipinski definition) is 6. The van der Waals surface area contributed by atoms with Crippen molar-refractivity contribution in [3.05, 3.63) is 23.8 Å². The van der Waals surface area contributed by atoms with Crippen molar-refractivity contribution >= 4 is 21.6 Å². The van der Waals surface area contributed by atoms with E-state index < -0.39 is 22.0 Å². The van der Waals surface area contributed by atoms with Crippen molar-refractivity contribution in [1.29, 1.82) is 5.26 Å². The summed E-state index contributed by atoms with van der Waals surface area (Å²) in [5, 5.41) is 8.82. The number of carbonyl (C=O) groups is 1. The molecule has 9 heteroatoms. The first-order valence-corrected chi connectivity index (χ1v) is 7.51. The van der Waals surface area contributed by atoms with Crippen LogP contribution in [0.1, 0.15) is 10.4 Å². The molecule has 1 aromatic rings. The van der Waals surface area contributed by atoms with Gasteiger partial charge in [-0.2, -0.15) is 9.57 Å². The Morgan fingerprint density at radius 2 is 2.19 bits per heavy atom. The van der Waals surface area contributed by atoms with Gasteiger partial charge in [0.05, 0.1) is 24.9 Å². The van der Waals surface area contributed by atoms with Gasteiger partial charge in [0.25, 0.3) is 0 Å². The average Bonchev–Trinajstić information content (AvgIpc) is 2.46. The molecular formula is C12H14N4O4S. The van der Waals surface area contributed by atoms with Crippen LogP contribution < -0.4 is 11.5 Å². The Morgan fingerprint density at radius 1 is 1.48 bits per heavy atom. The van der Waals surface area contributed by atoms with Crippen LogP contribution in [0.3, 0.4) is 0 Å². The van der Waals surface area contributed by atoms with Gasteiger partial charge in [-0.15, -0.1) is 0 Å². The summed E-state index contributed by atoms with van der Waals surface area (Å²) in [7, 11) is -3.85. The van der Waals surface area contributed by atoms with Gasteiger partial charge in [-0.1, -0.05) is 0 Å². The largest absolute Gasteiger partial charge is 0.398 e. The number of hydrogen-bond donors (Lipinski definition) is 2. The maximum atomic E-state index is 12.5. The van der Waals surface area contributed by atoms with Crippen molar-refractivity contribution in [2.75, 3.05) is 25.4 Å². The summed E-state index contributed by atoms with van der Waals surface area (Å²) in [6.45, 7) is 0.212. The lowest BCUT2D eigenvalue weighted by Crippen LogP contribution is -2.45. The third-order valence-electron chi connectivity index (χ3n) is 3.09. The molecule has 1 heterocycles. The number of nitrogen functional groups attached to an aromatic ring is 1. The molecule has 1 aliphatic heterocycles. The van der Waals surface area contributed by atoms with Crippen LogP contribution in [-0.2, 0) is 14.8 Å². The highest BCUT2D eigenvalue weighted by Crippen LogP contribution is 2.25. The molecule has 1 saturated heterocycles. The number of nitrogens with zero attached hydrogens (tertiary/aromatic N) is 2. The van der Waals surface area contributed by atoms with Gasteiger partial charge in [0.2, 0.25) is 15.9 Å². The number of primary amides is 1. The van der Waals surface area contributed by atoms with Crippen LogP contribution in [0.5, 0.6) is 0 Å². The Bertz CT molecular complexity index is 710. The summed E-state index contributed by atoms with van der Waals surface area (Å²) < 4.78 is 31.3. The molecule has 4 N–H and O–H groups in total. The van der Waals surface area contributed by atoms with Gasteiger partial charge in [0.1, 0.15) is 4.90 Å². The minimum atomic E-state index is -3.85. The molecule has 1 unspecified atom stereocenters. The Morgan fingerprint density at radius 3 is 2.76 bits per heavy atom. The van der Waals surface area contributed by atoms with E-state index in [1.165, 1.54) is 18.2 Å². The number of anilines is 1. The van der Waals surface area contributed by atoms with Crippen LogP contribution in [0.25, 0.3) is 0 Å². The molecule has 1 atom stereocenters. The molecule has 8 nitrogen and oxygen atoms in total. The predicted molar refractivity (Wildman–Crippen MR) is 73.5 cm³/mol. The second-order valence-electron chi connectivity index (χ2n) is 4.47. The molecule has 0 spiro atoms. The zero-order valence-electron chi connectivity index (χ0n) is 11.0. The first kappa shape index (κ1) is 15.2. The molecule has 0 radical (unpaired) electrons. The molecule has 0 saturated carbocycles. The van der Waals surface area contributed by atoms with E-state index in [1.54, 1.807) is 0 Å². The number of rotatable bonds is 3. The highest BCUT2D eigenvalue weighted by atomic mass is 32.2. The van der Waals surface area contributed by atoms with Crippen molar-refractivity contribution in [2.24, 2.45) is 5.73 Å². The third-order valence-corrected chi connectivity index (χ3v) is 5.02. The minimum Gasteiger partial charge on any atom is -0.398 e. The molecule has 2 rings (SSSR count). The summed E-state index contributed by atoms with van der Waals surface area (Å²) in [5.74, 6) is -0.693. The molecule has 112 valence electrons. The fourth-order valence-electron chi connectivity index (χ4n) is 2.00. The quantitative estimate of drug-likeness (QED) is 0.706. The lowest BCUT2D eigenvalue weighted by atomic mass is 10.2. The van der Waals surface area contributed by atoms with Crippen LogP contribution in [0, 0.1) is 11.3 Å². The molecule has 0 bridgehead atoms. The summed E-state index contributed by atoms with van der Waals surface area (Å²) >= 11 is 0. The van der Waals surface area contributed by atoms with Gasteiger partial charge < -0.3 is 16.2 Å². The first-order chi connectivity index (χ1) is 9.86. The van der Waals surface area contributed by atoms with Crippen molar-refractivity contribution < 1.29 is 17.9 Å². The molecule has 0 aromatic heterocycles. The van der Waals surface area contributed by atoms with Gasteiger partial charge >= 0.3 is 0 Å². The maximum Gasteiger partial charge on any atom is 0.248 e. The Labute approximate surface area is 121 Å². The number of morpholine rings is 1. The maximum absolute atomic E-state index is 12.5. The fourth-order valence-corrected chi connectivity index (χ4v) is 3.52. The van der Waals surface area contributed by atoms with Gasteiger partial charge in [-0.25, -0.2) is 8.42 Å². The second kappa shape index (κ2) is 5.69. The van der Waals surface area contributed by atoms with E-state index in [2.05, 4.69) is 0 Å². The molecule has 1 fully saturated rings. The molecule has 21 heavy (non-hydrogen) atoms. The van der Waals surface area contributed by atoms with Gasteiger partial charge in [-0.3, -0.25) is 4.79 Å². The lowest BCUT2D eigenvalue weighted by Gasteiger charge is -2.29. The monoisotopic (exact) mass is 310 g/mol. The SMILES string of the molecule is N#CC1CN(S(=O)(=O)c2ccc(C(N)=O)cc2N)CCO1. The molecule has 1 amide bonds. The number of carbonyl (C=O) groups excluding carboxylic acids is 1. The number of nitrogens with two attached hydrogens (primary N) is 2. The highest BCUT2D eigenvalue weighted by Gasteiger charge is 2.32. The summed E-state index contributed by atoms with van der Waals surface area (Å²) in [6.07, 6.45) is -0.806. The number of benzene rings is 1. The van der Waals surface area contributed by atoms with Crippen LogP contribution in [0.2, 0.25) is 0 Å². The van der Waals surface area contributed by atoms with E-state index in [0.29, 0.717) is 0 Å². The molecular weight excluding hydrogens is 296 g/mol. The lowest BCUT2D eigenvalue weighted by molar-refractivity contribution is 0.0311. The van der Waals surface area contributed by atoms with Gasteiger partial charge in [0, 0.05) is 12.1 Å². The minimum absolute atomic E-state index is 0.0597. The van der Waals surface area contributed by atoms with Crippen molar-refractivity contribution in [2.45, 2.75) is 11.0 Å². The van der Waals surface area contributed by atoms with Crippen LogP contribution in [-0.4, -0.2) is 44.4 Å². The smallest absolute Gasteiger partial charge is 0.248 e. The van der Waals surface area contributed by atoms with Crippen molar-refractivity contribution in [3.8, 4) is 6.07 Å². The summed E-state index contributed by atoms with van der Waals surface area (Å²) in [5.41, 5.74) is 10.9. The van der Waals surface area contributed by atoms with E-state index in [-0.39, 0.29) is 35.8 Å². The molecule has 1 aliphatic rings. The molecule has 1 aromatic carbocycles. The van der Waals surface area contributed by atoms with E-state index in [1.807, 2.05) is 6.07 Å². The van der Waals surface area contributed by atoms with Crippen LogP contribution >= 0.6 is 0 Å². The number of sulfonamides is 1. The Balaban J connectivity index is 2.36. The number of amides is 1. The molecule has 0 aliphatic carbocycles. The van der Waals surface area contributed by atoms with Crippen LogP contribution in [0.15, 0.2) is 23.1 Å². The van der Waals surface area contributed by atoms with E-state index in [0.717, 1.165) is 4.31 Å². The van der Waals surface area contributed by atoms with E-state index in [4.69, 9.17) is 21.5 Å². The Kier molecular flexibility index (Phi) is 4.13. The van der Waals surface area contributed by atoms with Gasteiger partial charge in [0.15, 0.2) is 6.10 Å². The second-order valence-corrected chi connectivity index (χ2v) is 6.37. The van der Waals surface area contributed by atoms with E-state index >= 15 is 0 Å². The predicted octanol–water partition coefficient (Wildman–Crippen LogP) is -0.719. The third kappa shape index (κ3) is 2.97. The van der Waals surface area contributed by atoms with Crippen molar-refractivity contribution in [3.63, 3.8) is 0 Å². The van der Waals surface area contributed by atoms with E-state index in [9.17, 15) is 13.2 Å². The number of ether oxygens (including phenoxy) is 1. The average molecular weight is 310 g/mol. The fraction of sp³-hybridized carbons (Fsp3) is 0.333. The normalized spacial score (nSPS) is 19.9.